The molecule has 1 atom stereocenters. The molecule has 29 heavy (non-hydrogen) atoms. The maximum atomic E-state index is 13.6. The molecule has 0 fully saturated rings. The molecule has 0 saturated carbocycles. The van der Waals surface area contributed by atoms with Crippen LogP contribution in [0.2, 0.25) is 5.02 Å². The zero-order valence-electron chi connectivity index (χ0n) is 15.0. The van der Waals surface area contributed by atoms with Crippen LogP contribution in [-0.4, -0.2) is 40.2 Å². The van der Waals surface area contributed by atoms with Crippen LogP contribution in [0.15, 0.2) is 52.0 Å². The molecule has 2 aromatic rings. The van der Waals surface area contributed by atoms with Gasteiger partial charge in [0.2, 0.25) is 0 Å². The second kappa shape index (κ2) is 7.97. The number of carbonyl (C=O) groups excluding carboxylic acids is 1. The third kappa shape index (κ3) is 4.41. The van der Waals surface area contributed by atoms with Crippen LogP contribution in [0.25, 0.3) is 0 Å². The first-order chi connectivity index (χ1) is 13.5. The molecule has 0 spiro atoms. The molecule has 5 nitrogen and oxygen atoms in total. The molecule has 0 saturated heterocycles. The van der Waals surface area contributed by atoms with Crippen molar-refractivity contribution >= 4 is 39.1 Å². The summed E-state index contributed by atoms with van der Waals surface area (Å²) in [6.45, 7) is 0.977. The van der Waals surface area contributed by atoms with Crippen LogP contribution in [-0.2, 0) is 4.79 Å². The Labute approximate surface area is 177 Å². The Balaban J connectivity index is 1.84. The molecule has 1 aliphatic heterocycles. The lowest BCUT2D eigenvalue weighted by molar-refractivity contribution is -0.302. The lowest BCUT2D eigenvalue weighted by Gasteiger charge is -2.32. The quantitative estimate of drug-likeness (QED) is 0.676. The average Bonchev–Trinajstić information content (AvgIpc) is 3.02. The number of hydrazone groups is 1. The van der Waals surface area contributed by atoms with Crippen LogP contribution in [0.3, 0.4) is 0 Å². The number of carbonyl (C=O) groups is 1. The highest BCUT2D eigenvalue weighted by atomic mass is 79.9. The fourth-order valence-corrected chi connectivity index (χ4v) is 3.13. The van der Waals surface area contributed by atoms with Gasteiger partial charge in [-0.2, -0.15) is 23.3 Å². The molecule has 0 unspecified atom stereocenters. The average molecular weight is 492 g/mol. The Morgan fingerprint density at radius 2 is 1.97 bits per heavy atom. The van der Waals surface area contributed by atoms with Crippen molar-refractivity contribution in [2.45, 2.75) is 25.2 Å². The normalized spacial score (nSPS) is 19.3. The van der Waals surface area contributed by atoms with Crippen molar-refractivity contribution in [1.82, 2.24) is 5.01 Å². The van der Waals surface area contributed by atoms with E-state index in [-0.39, 0.29) is 16.5 Å². The van der Waals surface area contributed by atoms with Gasteiger partial charge in [0.05, 0.1) is 12.1 Å². The molecule has 0 aromatic heterocycles. The van der Waals surface area contributed by atoms with E-state index < -0.39 is 30.8 Å². The number of amides is 1. The van der Waals surface area contributed by atoms with E-state index in [2.05, 4.69) is 21.0 Å². The standard InChI is InChI=1S/C19H15BrClF3N2O3/c1-11-8-14(6-7-15(11)21)29-10-17(27)26-18(28,19(22,23)24)9-16(25-26)12-2-4-13(20)5-3-12/h2-8,28H,9-10H2,1H3/t18-/m0/s1. The van der Waals surface area contributed by atoms with Gasteiger partial charge in [-0.05, 0) is 48.4 Å². The van der Waals surface area contributed by atoms with Gasteiger partial charge in [0, 0.05) is 9.50 Å². The number of nitrogens with zero attached hydrogens (tertiary/aromatic N) is 2. The summed E-state index contributed by atoms with van der Waals surface area (Å²) in [5, 5.41) is 14.6. The second-order valence-corrected chi connectivity index (χ2v) is 7.77. The molecule has 1 amide bonds. The van der Waals surface area contributed by atoms with Crippen LogP contribution in [0.1, 0.15) is 17.5 Å². The Morgan fingerprint density at radius 1 is 1.31 bits per heavy atom. The van der Waals surface area contributed by atoms with Gasteiger partial charge in [-0.15, -0.1) is 0 Å². The lowest BCUT2D eigenvalue weighted by atomic mass is 10.0. The minimum atomic E-state index is -5.11. The van der Waals surface area contributed by atoms with Gasteiger partial charge in [0.25, 0.3) is 11.6 Å². The number of alkyl halides is 3. The van der Waals surface area contributed by atoms with E-state index in [4.69, 9.17) is 16.3 Å². The monoisotopic (exact) mass is 490 g/mol. The summed E-state index contributed by atoms with van der Waals surface area (Å²) < 4.78 is 46.8. The second-order valence-electron chi connectivity index (χ2n) is 6.45. The van der Waals surface area contributed by atoms with Crippen molar-refractivity contribution in [2.75, 3.05) is 6.61 Å². The van der Waals surface area contributed by atoms with E-state index in [9.17, 15) is 23.1 Å². The van der Waals surface area contributed by atoms with Gasteiger partial charge in [-0.25, -0.2) is 0 Å². The number of ether oxygens (including phenoxy) is 1. The minimum absolute atomic E-state index is 0.0488. The Kier molecular flexibility index (Phi) is 5.93. The first kappa shape index (κ1) is 21.6. The minimum Gasteiger partial charge on any atom is -0.484 e. The zero-order chi connectivity index (χ0) is 21.4. The Hall–Kier alpha value is -2.10. The van der Waals surface area contributed by atoms with Crippen LogP contribution in [0.5, 0.6) is 5.75 Å². The van der Waals surface area contributed by atoms with Crippen LogP contribution in [0.4, 0.5) is 13.2 Å². The molecule has 2 aromatic carbocycles. The number of benzene rings is 2. The van der Waals surface area contributed by atoms with E-state index in [1.165, 1.54) is 6.07 Å². The predicted molar refractivity (Wildman–Crippen MR) is 105 cm³/mol. The molecule has 0 aliphatic carbocycles. The van der Waals surface area contributed by atoms with Crippen molar-refractivity contribution in [3.63, 3.8) is 0 Å². The summed E-state index contributed by atoms with van der Waals surface area (Å²) in [6, 6.07) is 10.9. The predicted octanol–water partition coefficient (Wildman–Crippen LogP) is 4.68. The van der Waals surface area contributed by atoms with E-state index in [1.54, 1.807) is 43.3 Å². The van der Waals surface area contributed by atoms with Crippen molar-refractivity contribution in [2.24, 2.45) is 5.10 Å². The fraction of sp³-hybridized carbons (Fsp3) is 0.263. The van der Waals surface area contributed by atoms with E-state index in [0.717, 1.165) is 4.47 Å². The first-order valence-electron chi connectivity index (χ1n) is 8.36. The number of hydrogen-bond acceptors (Lipinski definition) is 4. The third-order valence-electron chi connectivity index (χ3n) is 4.34. The maximum Gasteiger partial charge on any atom is 0.438 e. The van der Waals surface area contributed by atoms with E-state index in [1.807, 2.05) is 0 Å². The van der Waals surface area contributed by atoms with Crippen molar-refractivity contribution in [1.29, 1.82) is 0 Å². The zero-order valence-corrected chi connectivity index (χ0v) is 17.3. The largest absolute Gasteiger partial charge is 0.484 e. The molecular weight excluding hydrogens is 477 g/mol. The Morgan fingerprint density at radius 3 is 2.55 bits per heavy atom. The number of aryl methyl sites for hydroxylation is 1. The van der Waals surface area contributed by atoms with Crippen LogP contribution in [0, 0.1) is 6.92 Å². The summed E-state index contributed by atoms with van der Waals surface area (Å²) in [5.74, 6) is -0.878. The van der Waals surface area contributed by atoms with Gasteiger partial charge in [-0.3, -0.25) is 4.79 Å². The molecular formula is C19H15BrClF3N2O3. The lowest BCUT2D eigenvalue weighted by Crippen LogP contribution is -2.57. The molecule has 10 heteroatoms. The number of aliphatic hydroxyl groups is 1. The van der Waals surface area contributed by atoms with Crippen LogP contribution < -0.4 is 4.74 Å². The third-order valence-corrected chi connectivity index (χ3v) is 5.30. The van der Waals surface area contributed by atoms with Gasteiger partial charge >= 0.3 is 6.18 Å². The molecule has 0 bridgehead atoms. The summed E-state index contributed by atoms with van der Waals surface area (Å²) in [7, 11) is 0. The molecule has 1 heterocycles. The summed E-state index contributed by atoms with van der Waals surface area (Å²) in [6.07, 6.45) is -6.00. The molecule has 0 radical (unpaired) electrons. The summed E-state index contributed by atoms with van der Waals surface area (Å²) in [4.78, 5) is 12.5. The molecule has 1 aliphatic rings. The van der Waals surface area contributed by atoms with Crippen molar-refractivity contribution in [3.05, 3.63) is 63.1 Å². The Bertz CT molecular complexity index is 966. The number of hydrogen-bond donors (Lipinski definition) is 1. The van der Waals surface area contributed by atoms with Gasteiger partial charge in [0.15, 0.2) is 6.61 Å². The molecule has 154 valence electrons. The number of rotatable bonds is 4. The van der Waals surface area contributed by atoms with Gasteiger partial charge in [0.1, 0.15) is 5.75 Å². The fourth-order valence-electron chi connectivity index (χ4n) is 2.74. The first-order valence-corrected chi connectivity index (χ1v) is 9.53. The van der Waals surface area contributed by atoms with Gasteiger partial charge in [-0.1, -0.05) is 39.7 Å². The van der Waals surface area contributed by atoms with Crippen LogP contribution >= 0.6 is 27.5 Å². The maximum absolute atomic E-state index is 13.6. The highest BCUT2D eigenvalue weighted by molar-refractivity contribution is 9.10. The summed E-state index contributed by atoms with van der Waals surface area (Å²) >= 11 is 9.15. The molecule has 3 rings (SSSR count). The summed E-state index contributed by atoms with van der Waals surface area (Å²) in [5.41, 5.74) is -2.47. The van der Waals surface area contributed by atoms with E-state index in [0.29, 0.717) is 16.1 Å². The van der Waals surface area contributed by atoms with Crippen molar-refractivity contribution < 1.29 is 27.8 Å². The van der Waals surface area contributed by atoms with E-state index >= 15 is 0 Å². The van der Waals surface area contributed by atoms with Crippen molar-refractivity contribution in [3.8, 4) is 5.75 Å². The highest BCUT2D eigenvalue weighted by Crippen LogP contribution is 2.41. The topological polar surface area (TPSA) is 62.1 Å². The smallest absolute Gasteiger partial charge is 0.438 e. The molecule has 1 N–H and O–H groups in total. The number of halogens is 5. The van der Waals surface area contributed by atoms with Gasteiger partial charge < -0.3 is 9.84 Å². The highest BCUT2D eigenvalue weighted by Gasteiger charge is 2.63. The SMILES string of the molecule is Cc1cc(OCC(=O)N2N=C(c3ccc(Br)cc3)C[C@]2(O)C(F)(F)F)ccc1Cl.